The number of ether oxygens (including phenoxy) is 1. The van der Waals surface area contributed by atoms with Crippen molar-refractivity contribution in [1.82, 2.24) is 9.88 Å². The molecule has 0 aliphatic carbocycles. The first-order valence-corrected chi connectivity index (χ1v) is 7.43. The van der Waals surface area contributed by atoms with Gasteiger partial charge < -0.3 is 15.0 Å². The van der Waals surface area contributed by atoms with Gasteiger partial charge in [0.1, 0.15) is 5.69 Å². The summed E-state index contributed by atoms with van der Waals surface area (Å²) in [6.45, 7) is 2.20. The molecule has 3 rings (SSSR count). The fourth-order valence-corrected chi connectivity index (χ4v) is 2.35. The third-order valence-electron chi connectivity index (χ3n) is 3.57. The molecule has 0 unspecified atom stereocenters. The normalized spacial score (nSPS) is 14.3. The highest BCUT2D eigenvalue weighted by atomic mass is 16.5. The second kappa shape index (κ2) is 7.02. The molecule has 23 heavy (non-hydrogen) atoms. The maximum absolute atomic E-state index is 12.4. The number of amides is 2. The number of carbonyl (C=O) groups is 2. The Labute approximate surface area is 134 Å². The minimum atomic E-state index is -0.340. The molecule has 2 aromatic rings. The van der Waals surface area contributed by atoms with Gasteiger partial charge >= 0.3 is 0 Å². The molecule has 0 atom stereocenters. The van der Waals surface area contributed by atoms with Crippen LogP contribution < -0.4 is 5.32 Å². The van der Waals surface area contributed by atoms with E-state index in [9.17, 15) is 9.59 Å². The fraction of sp³-hybridized carbons (Fsp3) is 0.235. The highest BCUT2D eigenvalue weighted by molar-refractivity contribution is 6.04. The molecule has 6 nitrogen and oxygen atoms in total. The van der Waals surface area contributed by atoms with Crippen LogP contribution in [0.25, 0.3) is 0 Å². The van der Waals surface area contributed by atoms with Crippen LogP contribution in [0.5, 0.6) is 0 Å². The molecule has 1 aromatic heterocycles. The first kappa shape index (κ1) is 15.2. The Hall–Kier alpha value is -2.73. The van der Waals surface area contributed by atoms with Crippen LogP contribution in [0, 0.1) is 0 Å². The van der Waals surface area contributed by atoms with E-state index in [0.29, 0.717) is 37.6 Å². The molecule has 2 heterocycles. The van der Waals surface area contributed by atoms with Crippen LogP contribution >= 0.6 is 0 Å². The van der Waals surface area contributed by atoms with Crippen molar-refractivity contribution in [2.45, 2.75) is 0 Å². The minimum absolute atomic E-state index is 0.107. The van der Waals surface area contributed by atoms with E-state index in [1.807, 2.05) is 18.2 Å². The first-order chi connectivity index (χ1) is 11.2. The Kier molecular flexibility index (Phi) is 4.63. The third kappa shape index (κ3) is 3.73. The number of morpholine rings is 1. The number of rotatable bonds is 3. The summed E-state index contributed by atoms with van der Waals surface area (Å²) in [6.07, 6.45) is 1.48. The van der Waals surface area contributed by atoms with E-state index < -0.39 is 0 Å². The lowest BCUT2D eigenvalue weighted by Gasteiger charge is -2.26. The molecule has 0 bridgehead atoms. The second-order valence-corrected chi connectivity index (χ2v) is 5.15. The summed E-state index contributed by atoms with van der Waals surface area (Å²) >= 11 is 0. The summed E-state index contributed by atoms with van der Waals surface area (Å²) in [6, 6.07) is 12.3. The standard InChI is InChI=1S/C17H17N3O3/c21-16(19-14-4-2-1-3-5-14)15-12-13(6-7-18-15)17(22)20-8-10-23-11-9-20/h1-7,12H,8-11H2,(H,19,21). The molecule has 6 heteroatoms. The number of nitrogens with zero attached hydrogens (tertiary/aromatic N) is 2. The zero-order chi connectivity index (χ0) is 16.1. The first-order valence-electron chi connectivity index (χ1n) is 7.43. The average Bonchev–Trinajstić information content (AvgIpc) is 2.63. The molecule has 2 amide bonds. The highest BCUT2D eigenvalue weighted by Gasteiger charge is 2.20. The van der Waals surface area contributed by atoms with Crippen molar-refractivity contribution in [3.8, 4) is 0 Å². The Morgan fingerprint density at radius 3 is 2.57 bits per heavy atom. The average molecular weight is 311 g/mol. The highest BCUT2D eigenvalue weighted by Crippen LogP contribution is 2.11. The maximum Gasteiger partial charge on any atom is 0.274 e. The van der Waals surface area contributed by atoms with Gasteiger partial charge in [-0.25, -0.2) is 0 Å². The zero-order valence-corrected chi connectivity index (χ0v) is 12.6. The van der Waals surface area contributed by atoms with Crippen LogP contribution in [0.3, 0.4) is 0 Å². The number of para-hydroxylation sites is 1. The van der Waals surface area contributed by atoms with Crippen molar-refractivity contribution in [2.75, 3.05) is 31.6 Å². The number of benzene rings is 1. The molecule has 1 aliphatic heterocycles. The smallest absolute Gasteiger partial charge is 0.274 e. The molecule has 1 N–H and O–H groups in total. The lowest BCUT2D eigenvalue weighted by molar-refractivity contribution is 0.0303. The number of hydrogen-bond acceptors (Lipinski definition) is 4. The van der Waals surface area contributed by atoms with Crippen molar-refractivity contribution in [3.05, 3.63) is 59.9 Å². The molecule has 1 aromatic carbocycles. The Morgan fingerprint density at radius 1 is 1.09 bits per heavy atom. The summed E-state index contributed by atoms with van der Waals surface area (Å²) in [4.78, 5) is 30.5. The van der Waals surface area contributed by atoms with Crippen LogP contribution in [-0.2, 0) is 4.74 Å². The van der Waals surface area contributed by atoms with Crippen LogP contribution in [0.1, 0.15) is 20.8 Å². The minimum Gasteiger partial charge on any atom is -0.378 e. The van der Waals surface area contributed by atoms with Crippen molar-refractivity contribution >= 4 is 17.5 Å². The molecule has 0 radical (unpaired) electrons. The Bertz CT molecular complexity index is 697. The van der Waals surface area contributed by atoms with E-state index in [-0.39, 0.29) is 17.5 Å². The topological polar surface area (TPSA) is 71.5 Å². The number of pyridine rings is 1. The number of nitrogens with one attached hydrogen (secondary N) is 1. The molecular weight excluding hydrogens is 294 g/mol. The zero-order valence-electron chi connectivity index (χ0n) is 12.6. The van der Waals surface area contributed by atoms with Crippen LogP contribution in [-0.4, -0.2) is 48.0 Å². The van der Waals surface area contributed by atoms with E-state index in [0.717, 1.165) is 0 Å². The van der Waals surface area contributed by atoms with Crippen molar-refractivity contribution in [3.63, 3.8) is 0 Å². The predicted octanol–water partition coefficient (Wildman–Crippen LogP) is 1.81. The van der Waals surface area contributed by atoms with Gasteiger partial charge in [0.25, 0.3) is 11.8 Å². The monoisotopic (exact) mass is 311 g/mol. The van der Waals surface area contributed by atoms with Gasteiger partial charge in [-0.2, -0.15) is 0 Å². The van der Waals surface area contributed by atoms with Gasteiger partial charge in [-0.3, -0.25) is 14.6 Å². The van der Waals surface area contributed by atoms with E-state index >= 15 is 0 Å². The van der Waals surface area contributed by atoms with Crippen molar-refractivity contribution in [1.29, 1.82) is 0 Å². The summed E-state index contributed by atoms with van der Waals surface area (Å²) in [5.74, 6) is -0.447. The van der Waals surface area contributed by atoms with Gasteiger partial charge in [0.2, 0.25) is 0 Å². The summed E-state index contributed by atoms with van der Waals surface area (Å²) < 4.78 is 5.24. The fourth-order valence-electron chi connectivity index (χ4n) is 2.35. The van der Waals surface area contributed by atoms with Gasteiger partial charge in [-0.05, 0) is 24.3 Å². The maximum atomic E-state index is 12.4. The molecule has 0 spiro atoms. The molecule has 0 saturated carbocycles. The number of carbonyl (C=O) groups excluding carboxylic acids is 2. The third-order valence-corrected chi connectivity index (χ3v) is 3.57. The van der Waals surface area contributed by atoms with Gasteiger partial charge in [0.15, 0.2) is 0 Å². The van der Waals surface area contributed by atoms with Crippen LogP contribution in [0.2, 0.25) is 0 Å². The van der Waals surface area contributed by atoms with Crippen LogP contribution in [0.15, 0.2) is 48.7 Å². The van der Waals surface area contributed by atoms with Crippen molar-refractivity contribution in [2.24, 2.45) is 0 Å². The van der Waals surface area contributed by atoms with Crippen molar-refractivity contribution < 1.29 is 14.3 Å². The lowest BCUT2D eigenvalue weighted by atomic mass is 10.2. The van der Waals surface area contributed by atoms with Gasteiger partial charge in [0.05, 0.1) is 13.2 Å². The largest absolute Gasteiger partial charge is 0.378 e. The number of anilines is 1. The molecule has 118 valence electrons. The molecule has 1 fully saturated rings. The number of aromatic nitrogens is 1. The van der Waals surface area contributed by atoms with Gasteiger partial charge in [-0.1, -0.05) is 18.2 Å². The molecular formula is C17H17N3O3. The summed E-state index contributed by atoms with van der Waals surface area (Å²) in [7, 11) is 0. The number of hydrogen-bond donors (Lipinski definition) is 1. The predicted molar refractivity (Wildman–Crippen MR) is 85.4 cm³/mol. The van der Waals surface area contributed by atoms with Crippen LogP contribution in [0.4, 0.5) is 5.69 Å². The molecule has 1 saturated heterocycles. The van der Waals surface area contributed by atoms with E-state index in [2.05, 4.69) is 10.3 Å². The quantitative estimate of drug-likeness (QED) is 0.938. The lowest BCUT2D eigenvalue weighted by Crippen LogP contribution is -2.40. The Morgan fingerprint density at radius 2 is 1.83 bits per heavy atom. The molecule has 1 aliphatic rings. The van der Waals surface area contributed by atoms with E-state index in [1.54, 1.807) is 23.1 Å². The van der Waals surface area contributed by atoms with Gasteiger partial charge in [-0.15, -0.1) is 0 Å². The summed E-state index contributed by atoms with van der Waals surface area (Å²) in [5.41, 5.74) is 1.36. The van der Waals surface area contributed by atoms with Gasteiger partial charge in [0, 0.05) is 30.5 Å². The summed E-state index contributed by atoms with van der Waals surface area (Å²) in [5, 5.41) is 2.76. The Balaban J connectivity index is 1.74. The SMILES string of the molecule is O=C(Nc1ccccc1)c1cc(C(=O)N2CCOCC2)ccn1. The van der Waals surface area contributed by atoms with E-state index in [4.69, 9.17) is 4.74 Å². The second-order valence-electron chi connectivity index (χ2n) is 5.15. The van der Waals surface area contributed by atoms with E-state index in [1.165, 1.54) is 12.3 Å².